The number of halogens is 2. The number of rotatable bonds is 8. The summed E-state index contributed by atoms with van der Waals surface area (Å²) >= 11 is 9.75. The average Bonchev–Trinajstić information content (AvgIpc) is 2.21. The Balaban J connectivity index is 4.25. The van der Waals surface area contributed by atoms with Crippen molar-refractivity contribution in [3.63, 3.8) is 0 Å². The highest BCUT2D eigenvalue weighted by atomic mass is 79.9. The Morgan fingerprint density at radius 3 is 1.60 bits per heavy atom. The van der Waals surface area contributed by atoms with E-state index in [0.29, 0.717) is 11.5 Å². The molecule has 0 heterocycles. The fraction of sp³-hybridized carbons (Fsp3) is 1.00. The van der Waals surface area contributed by atoms with Gasteiger partial charge in [0.05, 0.1) is 0 Å². The minimum atomic E-state index is -3.09. The molecule has 0 N–H and O–H groups in total. The van der Waals surface area contributed by atoms with Crippen molar-refractivity contribution in [2.75, 3.05) is 23.0 Å². The van der Waals surface area contributed by atoms with Gasteiger partial charge < -0.3 is 0 Å². The Bertz CT molecular complexity index is 237. The molecule has 0 saturated heterocycles. The van der Waals surface area contributed by atoms with Crippen LogP contribution in [0.1, 0.15) is 13.8 Å². The van der Waals surface area contributed by atoms with E-state index in [9.17, 15) is 8.42 Å². The van der Waals surface area contributed by atoms with Crippen molar-refractivity contribution < 1.29 is 8.42 Å². The summed E-state index contributed by atoms with van der Waals surface area (Å²) in [6, 6.07) is 0. The molecule has 0 aromatic carbocycles. The quantitative estimate of drug-likeness (QED) is 0.586. The molecule has 0 fully saturated rings. The summed E-state index contributed by atoms with van der Waals surface area (Å²) in [6.07, 6.45) is 0. The van der Waals surface area contributed by atoms with Crippen LogP contribution >= 0.6 is 55.4 Å². The molecule has 0 rings (SSSR count). The molecular formula is C8H16Br2O2S3. The van der Waals surface area contributed by atoms with Crippen LogP contribution in [-0.2, 0) is 9.84 Å². The van der Waals surface area contributed by atoms with Crippen LogP contribution < -0.4 is 0 Å². The lowest BCUT2D eigenvalue weighted by Crippen LogP contribution is -2.27. The Hall–Kier alpha value is 1.61. The number of alkyl halides is 2. The Morgan fingerprint density at radius 2 is 1.33 bits per heavy atom. The van der Waals surface area contributed by atoms with Gasteiger partial charge in [-0.25, -0.2) is 8.42 Å². The first kappa shape index (κ1) is 16.6. The maximum absolute atomic E-state index is 11.9. The molecule has 0 bridgehead atoms. The molecule has 2 nitrogen and oxygen atoms in total. The van der Waals surface area contributed by atoms with E-state index in [4.69, 9.17) is 0 Å². The predicted octanol–water partition coefficient (Wildman–Crippen LogP) is 3.35. The molecule has 0 radical (unpaired) electrons. The van der Waals surface area contributed by atoms with Crippen LogP contribution in [0.4, 0.5) is 0 Å². The van der Waals surface area contributed by atoms with Crippen molar-refractivity contribution in [1.82, 2.24) is 0 Å². The lowest BCUT2D eigenvalue weighted by Gasteiger charge is -2.15. The second-order valence-electron chi connectivity index (χ2n) is 2.73. The van der Waals surface area contributed by atoms with Gasteiger partial charge in [0.25, 0.3) is 0 Å². The van der Waals surface area contributed by atoms with Crippen molar-refractivity contribution >= 4 is 65.2 Å². The molecule has 0 aromatic heterocycles. The van der Waals surface area contributed by atoms with E-state index in [1.807, 2.05) is 13.8 Å². The van der Waals surface area contributed by atoms with Gasteiger partial charge >= 0.3 is 0 Å². The summed E-state index contributed by atoms with van der Waals surface area (Å²) in [5.74, 6) is 3.10. The van der Waals surface area contributed by atoms with E-state index >= 15 is 0 Å². The zero-order valence-electron chi connectivity index (χ0n) is 8.78. The fourth-order valence-corrected chi connectivity index (χ4v) is 7.58. The molecule has 2 atom stereocenters. The maximum Gasteiger partial charge on any atom is 0.177 e. The first-order valence-corrected chi connectivity index (χ1v) is 10.4. The third-order valence-corrected chi connectivity index (χ3v) is 10.4. The van der Waals surface area contributed by atoms with E-state index in [0.717, 1.165) is 11.5 Å². The van der Waals surface area contributed by atoms with Gasteiger partial charge in [-0.2, -0.15) is 23.5 Å². The molecule has 0 saturated carbocycles. The minimum absolute atomic E-state index is 0.447. The maximum atomic E-state index is 11.9. The van der Waals surface area contributed by atoms with E-state index in [-0.39, 0.29) is 0 Å². The topological polar surface area (TPSA) is 34.1 Å². The van der Waals surface area contributed by atoms with Crippen LogP contribution in [-0.4, -0.2) is 39.7 Å². The number of hydrogen-bond donors (Lipinski definition) is 0. The molecule has 0 aromatic rings. The lowest BCUT2D eigenvalue weighted by atomic mass is 10.9. The minimum Gasteiger partial charge on any atom is -0.226 e. The summed E-state index contributed by atoms with van der Waals surface area (Å²) in [6.45, 7) is 4.05. The highest BCUT2D eigenvalue weighted by Gasteiger charge is 2.30. The zero-order valence-corrected chi connectivity index (χ0v) is 14.4. The third-order valence-electron chi connectivity index (χ3n) is 1.62. The molecule has 0 aliphatic heterocycles. The van der Waals surface area contributed by atoms with Crippen LogP contribution in [0.5, 0.6) is 0 Å². The summed E-state index contributed by atoms with van der Waals surface area (Å²) in [5.41, 5.74) is 0. The fourth-order valence-electron chi connectivity index (χ4n) is 0.771. The van der Waals surface area contributed by atoms with Gasteiger partial charge in [0.15, 0.2) is 9.84 Å². The first-order valence-electron chi connectivity index (χ1n) is 4.63. The summed E-state index contributed by atoms with van der Waals surface area (Å²) in [7, 11) is -3.09. The molecule has 0 spiro atoms. The average molecular weight is 400 g/mol. The van der Waals surface area contributed by atoms with Crippen molar-refractivity contribution in [3.05, 3.63) is 0 Å². The molecule has 0 aliphatic carbocycles. The summed E-state index contributed by atoms with van der Waals surface area (Å²) in [5, 5.41) is 0. The van der Waals surface area contributed by atoms with Crippen LogP contribution in [0.15, 0.2) is 0 Å². The number of hydrogen-bond acceptors (Lipinski definition) is 4. The second-order valence-corrected chi connectivity index (χ2v) is 11.1. The van der Waals surface area contributed by atoms with Gasteiger partial charge in [-0.15, -0.1) is 0 Å². The van der Waals surface area contributed by atoms with Gasteiger partial charge in [0.1, 0.15) is 8.32 Å². The van der Waals surface area contributed by atoms with Crippen molar-refractivity contribution in [3.8, 4) is 0 Å². The number of thioether (sulfide) groups is 2. The monoisotopic (exact) mass is 398 g/mol. The summed E-state index contributed by atoms with van der Waals surface area (Å²) < 4.78 is 22.9. The largest absolute Gasteiger partial charge is 0.226 e. The molecule has 15 heavy (non-hydrogen) atoms. The van der Waals surface area contributed by atoms with Gasteiger partial charge in [-0.3, -0.25) is 0 Å². The Kier molecular flexibility index (Phi) is 9.59. The van der Waals surface area contributed by atoms with Crippen LogP contribution in [0.3, 0.4) is 0 Å². The van der Waals surface area contributed by atoms with E-state index in [2.05, 4.69) is 31.9 Å². The molecular weight excluding hydrogens is 384 g/mol. The first-order chi connectivity index (χ1) is 6.96. The van der Waals surface area contributed by atoms with Gasteiger partial charge in [0, 0.05) is 11.5 Å². The zero-order chi connectivity index (χ0) is 11.9. The molecule has 0 aliphatic rings. The third kappa shape index (κ3) is 6.19. The van der Waals surface area contributed by atoms with Gasteiger partial charge in [-0.05, 0) is 11.5 Å². The van der Waals surface area contributed by atoms with Crippen LogP contribution in [0, 0.1) is 0 Å². The number of sulfone groups is 1. The molecule has 0 amide bonds. The molecule has 2 unspecified atom stereocenters. The Labute approximate surface area is 118 Å². The van der Waals surface area contributed by atoms with Gasteiger partial charge in [-0.1, -0.05) is 45.7 Å². The summed E-state index contributed by atoms with van der Waals surface area (Å²) in [4.78, 5) is 0. The predicted molar refractivity (Wildman–Crippen MR) is 80.3 cm³/mol. The van der Waals surface area contributed by atoms with E-state index < -0.39 is 18.2 Å². The van der Waals surface area contributed by atoms with E-state index in [1.54, 1.807) is 23.5 Å². The molecule has 92 valence electrons. The smallest absolute Gasteiger partial charge is 0.177 e. The standard InChI is InChI=1S/C8H16Br2O2S3/c1-3-13-5-7(9)15(11,12)8(10)6-14-4-2/h7-8H,3-6H2,1-2H3. The van der Waals surface area contributed by atoms with Crippen LogP contribution in [0.25, 0.3) is 0 Å². The SMILES string of the molecule is CCSCC(Br)S(=O)(=O)C(Br)CSCC. The second kappa shape index (κ2) is 8.66. The highest BCUT2D eigenvalue weighted by molar-refractivity contribution is 9.13. The van der Waals surface area contributed by atoms with Gasteiger partial charge in [0.2, 0.25) is 0 Å². The molecule has 7 heteroatoms. The van der Waals surface area contributed by atoms with E-state index in [1.165, 1.54) is 0 Å². The Morgan fingerprint density at radius 1 is 1.00 bits per heavy atom. The van der Waals surface area contributed by atoms with Crippen molar-refractivity contribution in [2.45, 2.75) is 22.2 Å². The normalized spacial score (nSPS) is 16.3. The van der Waals surface area contributed by atoms with Crippen molar-refractivity contribution in [2.24, 2.45) is 0 Å². The van der Waals surface area contributed by atoms with Crippen LogP contribution in [0.2, 0.25) is 0 Å². The lowest BCUT2D eigenvalue weighted by molar-refractivity contribution is 0.595. The van der Waals surface area contributed by atoms with Crippen molar-refractivity contribution in [1.29, 1.82) is 0 Å². The highest BCUT2D eigenvalue weighted by Crippen LogP contribution is 2.25.